The average Bonchev–Trinajstić information content (AvgIpc) is 2.81. The Hall–Kier alpha value is -1.22. The zero-order valence-electron chi connectivity index (χ0n) is 11.5. The van der Waals surface area contributed by atoms with Gasteiger partial charge in [-0.25, -0.2) is 0 Å². The van der Waals surface area contributed by atoms with E-state index < -0.39 is 0 Å². The van der Waals surface area contributed by atoms with E-state index in [1.54, 1.807) is 0 Å². The normalized spacial score (nSPS) is 15.1. The topological polar surface area (TPSA) is 30.5 Å². The van der Waals surface area contributed by atoms with E-state index in [0.717, 1.165) is 24.0 Å². The van der Waals surface area contributed by atoms with Crippen molar-refractivity contribution in [3.05, 3.63) is 23.8 Å². The van der Waals surface area contributed by atoms with Crippen LogP contribution in [0.1, 0.15) is 45.2 Å². The van der Waals surface area contributed by atoms with Gasteiger partial charge in [-0.3, -0.25) is 0 Å². The van der Waals surface area contributed by atoms with Crippen molar-refractivity contribution in [2.45, 2.75) is 39.7 Å². The highest BCUT2D eigenvalue weighted by molar-refractivity contribution is 5.45. The maximum absolute atomic E-state index is 5.40. The molecule has 0 radical (unpaired) electrons. The van der Waals surface area contributed by atoms with Gasteiger partial charge in [-0.05, 0) is 49.9 Å². The van der Waals surface area contributed by atoms with Gasteiger partial charge in [0, 0.05) is 6.04 Å². The van der Waals surface area contributed by atoms with Gasteiger partial charge in [-0.2, -0.15) is 0 Å². The Kier molecular flexibility index (Phi) is 4.48. The molecule has 1 aliphatic heterocycles. The first-order valence-corrected chi connectivity index (χ1v) is 6.79. The number of nitrogens with one attached hydrogen (secondary N) is 1. The van der Waals surface area contributed by atoms with Crippen LogP contribution in [-0.2, 0) is 0 Å². The van der Waals surface area contributed by atoms with Gasteiger partial charge in [0.25, 0.3) is 0 Å². The highest BCUT2D eigenvalue weighted by Gasteiger charge is 2.15. The summed E-state index contributed by atoms with van der Waals surface area (Å²) in [6.07, 6.45) is 2.51. The van der Waals surface area contributed by atoms with Crippen molar-refractivity contribution in [2.24, 2.45) is 5.92 Å². The zero-order chi connectivity index (χ0) is 13.0. The Morgan fingerprint density at radius 3 is 2.72 bits per heavy atom. The van der Waals surface area contributed by atoms with Gasteiger partial charge >= 0.3 is 0 Å². The van der Waals surface area contributed by atoms with Crippen LogP contribution in [0.3, 0.4) is 0 Å². The predicted octanol–water partition coefficient (Wildman–Crippen LogP) is 3.50. The minimum absolute atomic E-state index is 0.342. The smallest absolute Gasteiger partial charge is 0.231 e. The van der Waals surface area contributed by atoms with E-state index in [1.807, 2.05) is 6.07 Å². The lowest BCUT2D eigenvalue weighted by Gasteiger charge is -2.15. The van der Waals surface area contributed by atoms with Crippen molar-refractivity contribution in [2.75, 3.05) is 13.3 Å². The summed E-state index contributed by atoms with van der Waals surface area (Å²) in [7, 11) is 0. The van der Waals surface area contributed by atoms with Gasteiger partial charge in [-0.15, -0.1) is 0 Å². The Labute approximate surface area is 109 Å². The Morgan fingerprint density at radius 1 is 1.17 bits per heavy atom. The molecule has 3 nitrogen and oxygen atoms in total. The highest BCUT2D eigenvalue weighted by Crippen LogP contribution is 2.34. The SMILES string of the molecule is CC(C)CCCNC(C)c1ccc2c(c1)OCO2. The molecule has 0 aromatic heterocycles. The molecule has 18 heavy (non-hydrogen) atoms. The van der Waals surface area contributed by atoms with Crippen LogP contribution < -0.4 is 14.8 Å². The van der Waals surface area contributed by atoms with Crippen LogP contribution in [-0.4, -0.2) is 13.3 Å². The summed E-state index contributed by atoms with van der Waals surface area (Å²) in [6.45, 7) is 8.12. The summed E-state index contributed by atoms with van der Waals surface area (Å²) in [6, 6.07) is 6.52. The Balaban J connectivity index is 1.83. The molecule has 0 fully saturated rings. The fourth-order valence-electron chi connectivity index (χ4n) is 2.13. The van der Waals surface area contributed by atoms with Crippen LogP contribution >= 0.6 is 0 Å². The summed E-state index contributed by atoms with van der Waals surface area (Å²) in [5.41, 5.74) is 1.25. The maximum Gasteiger partial charge on any atom is 0.231 e. The predicted molar refractivity (Wildman–Crippen MR) is 73.1 cm³/mol. The van der Waals surface area contributed by atoms with Crippen LogP contribution in [0.4, 0.5) is 0 Å². The molecule has 1 heterocycles. The number of hydrogen-bond acceptors (Lipinski definition) is 3. The van der Waals surface area contributed by atoms with E-state index in [9.17, 15) is 0 Å². The number of rotatable bonds is 6. The van der Waals surface area contributed by atoms with Crippen molar-refractivity contribution in [1.82, 2.24) is 5.32 Å². The Bertz CT molecular complexity index is 390. The van der Waals surface area contributed by atoms with E-state index in [-0.39, 0.29) is 0 Å². The lowest BCUT2D eigenvalue weighted by Crippen LogP contribution is -2.20. The molecule has 1 unspecified atom stereocenters. The molecule has 0 saturated carbocycles. The van der Waals surface area contributed by atoms with E-state index >= 15 is 0 Å². The fraction of sp³-hybridized carbons (Fsp3) is 0.600. The summed E-state index contributed by atoms with van der Waals surface area (Å²) in [5, 5.41) is 3.55. The molecule has 1 aliphatic rings. The van der Waals surface area contributed by atoms with Crippen LogP contribution in [0.15, 0.2) is 18.2 Å². The van der Waals surface area contributed by atoms with Gasteiger partial charge in [0.15, 0.2) is 11.5 Å². The third kappa shape index (κ3) is 3.39. The summed E-state index contributed by atoms with van der Waals surface area (Å²) in [4.78, 5) is 0. The second-order valence-electron chi connectivity index (χ2n) is 5.32. The van der Waals surface area contributed by atoms with Gasteiger partial charge in [0.05, 0.1) is 0 Å². The largest absolute Gasteiger partial charge is 0.454 e. The first-order valence-electron chi connectivity index (χ1n) is 6.79. The molecular weight excluding hydrogens is 226 g/mol. The molecule has 1 aromatic carbocycles. The molecule has 100 valence electrons. The van der Waals surface area contributed by atoms with Crippen molar-refractivity contribution in [3.8, 4) is 11.5 Å². The number of fused-ring (bicyclic) bond motifs is 1. The van der Waals surface area contributed by atoms with E-state index in [4.69, 9.17) is 9.47 Å². The summed E-state index contributed by atoms with van der Waals surface area (Å²) >= 11 is 0. The van der Waals surface area contributed by atoms with Gasteiger partial charge in [0.2, 0.25) is 6.79 Å². The van der Waals surface area contributed by atoms with Crippen LogP contribution in [0, 0.1) is 5.92 Å². The molecule has 0 spiro atoms. The molecule has 0 saturated heterocycles. The second kappa shape index (κ2) is 6.10. The van der Waals surface area contributed by atoms with Crippen molar-refractivity contribution in [1.29, 1.82) is 0 Å². The fourth-order valence-corrected chi connectivity index (χ4v) is 2.13. The molecule has 2 rings (SSSR count). The minimum Gasteiger partial charge on any atom is -0.454 e. The third-order valence-electron chi connectivity index (χ3n) is 3.31. The number of benzene rings is 1. The van der Waals surface area contributed by atoms with E-state index in [0.29, 0.717) is 12.8 Å². The molecule has 1 aromatic rings. The second-order valence-corrected chi connectivity index (χ2v) is 5.32. The molecule has 1 atom stereocenters. The minimum atomic E-state index is 0.342. The molecule has 0 amide bonds. The maximum atomic E-state index is 5.40. The molecule has 3 heteroatoms. The first kappa shape index (κ1) is 13.2. The lowest BCUT2D eigenvalue weighted by molar-refractivity contribution is 0.174. The van der Waals surface area contributed by atoms with E-state index in [1.165, 1.54) is 18.4 Å². The first-order chi connectivity index (χ1) is 8.66. The van der Waals surface area contributed by atoms with Crippen molar-refractivity contribution >= 4 is 0 Å². The van der Waals surface area contributed by atoms with Gasteiger partial charge < -0.3 is 14.8 Å². The standard InChI is InChI=1S/C15H23NO2/c1-11(2)5-4-8-16-12(3)13-6-7-14-15(9-13)18-10-17-14/h6-7,9,11-12,16H,4-5,8,10H2,1-3H3. The monoisotopic (exact) mass is 249 g/mol. The van der Waals surface area contributed by atoms with Crippen molar-refractivity contribution < 1.29 is 9.47 Å². The quantitative estimate of drug-likeness (QED) is 0.783. The zero-order valence-corrected chi connectivity index (χ0v) is 11.5. The van der Waals surface area contributed by atoms with Gasteiger partial charge in [-0.1, -0.05) is 19.9 Å². The molecule has 0 bridgehead atoms. The average molecular weight is 249 g/mol. The van der Waals surface area contributed by atoms with Crippen LogP contribution in [0.2, 0.25) is 0 Å². The molecule has 1 N–H and O–H groups in total. The van der Waals surface area contributed by atoms with Crippen LogP contribution in [0.5, 0.6) is 11.5 Å². The molecular formula is C15H23NO2. The third-order valence-corrected chi connectivity index (χ3v) is 3.31. The van der Waals surface area contributed by atoms with Gasteiger partial charge in [0.1, 0.15) is 0 Å². The van der Waals surface area contributed by atoms with E-state index in [2.05, 4.69) is 38.2 Å². The van der Waals surface area contributed by atoms with Crippen molar-refractivity contribution in [3.63, 3.8) is 0 Å². The number of hydrogen-bond donors (Lipinski definition) is 1. The summed E-state index contributed by atoms with van der Waals surface area (Å²) in [5.74, 6) is 2.50. The Morgan fingerprint density at radius 2 is 1.94 bits per heavy atom. The molecule has 0 aliphatic carbocycles. The lowest BCUT2D eigenvalue weighted by atomic mass is 10.1. The highest BCUT2D eigenvalue weighted by atomic mass is 16.7. The van der Waals surface area contributed by atoms with Crippen LogP contribution in [0.25, 0.3) is 0 Å². The number of ether oxygens (including phenoxy) is 2. The summed E-state index contributed by atoms with van der Waals surface area (Å²) < 4.78 is 10.7.